The van der Waals surface area contributed by atoms with Crippen LogP contribution in [0, 0.1) is 5.92 Å². The molecular weight excluding hydrogens is 216 g/mol. The lowest BCUT2D eigenvalue weighted by molar-refractivity contribution is 0.0487. The largest absolute Gasteiger partial charge is 0.492 e. The molecule has 0 aromatic heterocycles. The van der Waals surface area contributed by atoms with Gasteiger partial charge in [0.05, 0.1) is 18.4 Å². The molecule has 0 heterocycles. The summed E-state index contributed by atoms with van der Waals surface area (Å²) in [5.41, 5.74) is 7.48. The molecule has 4 nitrogen and oxygen atoms in total. The molecule has 1 aliphatic carbocycles. The summed E-state index contributed by atoms with van der Waals surface area (Å²) in [5.74, 6) is 1.31. The summed E-state index contributed by atoms with van der Waals surface area (Å²) in [6, 6.07) is 5.73. The monoisotopic (exact) mass is 236 g/mol. The minimum absolute atomic E-state index is 0.0906. The van der Waals surface area contributed by atoms with Crippen molar-refractivity contribution in [2.45, 2.75) is 25.9 Å². The van der Waals surface area contributed by atoms with Crippen molar-refractivity contribution in [1.82, 2.24) is 0 Å². The van der Waals surface area contributed by atoms with Crippen LogP contribution in [0.4, 0.5) is 11.4 Å². The Morgan fingerprint density at radius 2 is 2.24 bits per heavy atom. The molecule has 0 spiro atoms. The number of nitrogens with two attached hydrogens (primary N) is 1. The van der Waals surface area contributed by atoms with Crippen molar-refractivity contribution in [3.05, 3.63) is 18.2 Å². The van der Waals surface area contributed by atoms with E-state index in [1.165, 1.54) is 0 Å². The van der Waals surface area contributed by atoms with Gasteiger partial charge in [0.25, 0.3) is 0 Å². The van der Waals surface area contributed by atoms with Crippen molar-refractivity contribution in [3.63, 3.8) is 0 Å². The topological polar surface area (TPSA) is 67.5 Å². The van der Waals surface area contributed by atoms with Gasteiger partial charge in [0.15, 0.2) is 0 Å². The van der Waals surface area contributed by atoms with E-state index in [-0.39, 0.29) is 6.10 Å². The molecule has 1 fully saturated rings. The Balaban J connectivity index is 1.89. The van der Waals surface area contributed by atoms with Gasteiger partial charge in [0.2, 0.25) is 0 Å². The first kappa shape index (κ1) is 12.0. The average Bonchev–Trinajstić information content (AvgIpc) is 2.27. The van der Waals surface area contributed by atoms with Crippen LogP contribution in [-0.2, 0) is 0 Å². The third-order valence-corrected chi connectivity index (χ3v) is 3.12. The Morgan fingerprint density at radius 1 is 1.47 bits per heavy atom. The maximum atomic E-state index is 9.20. The van der Waals surface area contributed by atoms with E-state index in [1.54, 1.807) is 0 Å². The lowest BCUT2D eigenvalue weighted by Crippen LogP contribution is -2.33. The van der Waals surface area contributed by atoms with Gasteiger partial charge < -0.3 is 20.9 Å². The van der Waals surface area contributed by atoms with Gasteiger partial charge in [-0.05, 0) is 37.8 Å². The third kappa shape index (κ3) is 3.03. The fourth-order valence-corrected chi connectivity index (χ4v) is 2.05. The van der Waals surface area contributed by atoms with Gasteiger partial charge in [-0.3, -0.25) is 0 Å². The van der Waals surface area contributed by atoms with E-state index in [0.717, 1.165) is 30.8 Å². The molecule has 0 saturated heterocycles. The summed E-state index contributed by atoms with van der Waals surface area (Å²) < 4.78 is 5.44. The highest BCUT2D eigenvalue weighted by atomic mass is 16.5. The molecule has 17 heavy (non-hydrogen) atoms. The molecule has 94 valence electrons. The van der Waals surface area contributed by atoms with Crippen LogP contribution in [-0.4, -0.2) is 24.4 Å². The van der Waals surface area contributed by atoms with Gasteiger partial charge in [0, 0.05) is 18.3 Å². The Bertz CT molecular complexity index is 376. The molecule has 0 bridgehead atoms. The maximum absolute atomic E-state index is 9.20. The summed E-state index contributed by atoms with van der Waals surface area (Å²) in [6.45, 7) is 3.45. The molecule has 0 amide bonds. The summed E-state index contributed by atoms with van der Waals surface area (Å²) in [6.07, 6.45) is 1.72. The number of aliphatic hydroxyl groups is 1. The van der Waals surface area contributed by atoms with Crippen molar-refractivity contribution in [1.29, 1.82) is 0 Å². The van der Waals surface area contributed by atoms with Gasteiger partial charge in [-0.25, -0.2) is 0 Å². The fourth-order valence-electron chi connectivity index (χ4n) is 2.05. The van der Waals surface area contributed by atoms with Gasteiger partial charge >= 0.3 is 0 Å². The SMILES string of the molecule is CCOc1cc(NCC2CC(O)C2)ccc1N. The van der Waals surface area contributed by atoms with Gasteiger partial charge in [-0.2, -0.15) is 0 Å². The van der Waals surface area contributed by atoms with E-state index in [9.17, 15) is 5.11 Å². The normalized spacial score (nSPS) is 22.9. The first-order valence-corrected chi connectivity index (χ1v) is 6.13. The number of hydrogen-bond donors (Lipinski definition) is 3. The van der Waals surface area contributed by atoms with Crippen LogP contribution in [0.3, 0.4) is 0 Å². The van der Waals surface area contributed by atoms with Crippen LogP contribution in [0.1, 0.15) is 19.8 Å². The highest BCUT2D eigenvalue weighted by Gasteiger charge is 2.26. The highest BCUT2D eigenvalue weighted by Crippen LogP contribution is 2.29. The number of rotatable bonds is 5. The smallest absolute Gasteiger partial charge is 0.144 e. The number of nitrogens with one attached hydrogen (secondary N) is 1. The fraction of sp³-hybridized carbons (Fsp3) is 0.538. The van der Waals surface area contributed by atoms with E-state index >= 15 is 0 Å². The second-order valence-corrected chi connectivity index (χ2v) is 4.56. The summed E-state index contributed by atoms with van der Waals surface area (Å²) in [7, 11) is 0. The van der Waals surface area contributed by atoms with Crippen molar-refractivity contribution in [2.24, 2.45) is 5.92 Å². The number of ether oxygens (including phenoxy) is 1. The molecule has 0 atom stereocenters. The van der Waals surface area contributed by atoms with E-state index in [0.29, 0.717) is 18.2 Å². The lowest BCUT2D eigenvalue weighted by atomic mass is 9.82. The van der Waals surface area contributed by atoms with Crippen molar-refractivity contribution in [3.8, 4) is 5.75 Å². The zero-order valence-electron chi connectivity index (χ0n) is 10.1. The predicted molar refractivity (Wildman–Crippen MR) is 69.2 cm³/mol. The summed E-state index contributed by atoms with van der Waals surface area (Å²) >= 11 is 0. The molecule has 1 saturated carbocycles. The van der Waals surface area contributed by atoms with Crippen LogP contribution in [0.15, 0.2) is 18.2 Å². The van der Waals surface area contributed by atoms with Gasteiger partial charge in [-0.15, -0.1) is 0 Å². The number of nitrogen functional groups attached to an aromatic ring is 1. The minimum Gasteiger partial charge on any atom is -0.492 e. The number of aliphatic hydroxyl groups excluding tert-OH is 1. The molecule has 2 rings (SSSR count). The second-order valence-electron chi connectivity index (χ2n) is 4.56. The summed E-state index contributed by atoms with van der Waals surface area (Å²) in [5, 5.41) is 12.5. The zero-order valence-corrected chi connectivity index (χ0v) is 10.1. The quantitative estimate of drug-likeness (QED) is 0.682. The van der Waals surface area contributed by atoms with Crippen molar-refractivity contribution in [2.75, 3.05) is 24.2 Å². The Hall–Kier alpha value is -1.42. The predicted octanol–water partition coefficient (Wildman–Crippen LogP) is 1.85. The molecule has 1 aliphatic rings. The van der Waals surface area contributed by atoms with Gasteiger partial charge in [-0.1, -0.05) is 0 Å². The molecule has 0 aliphatic heterocycles. The first-order valence-electron chi connectivity index (χ1n) is 6.13. The maximum Gasteiger partial charge on any atom is 0.144 e. The Kier molecular flexibility index (Phi) is 3.74. The van der Waals surface area contributed by atoms with Crippen LogP contribution < -0.4 is 15.8 Å². The van der Waals surface area contributed by atoms with E-state index in [1.807, 2.05) is 25.1 Å². The minimum atomic E-state index is -0.0906. The highest BCUT2D eigenvalue weighted by molar-refractivity contribution is 5.61. The first-order chi connectivity index (χ1) is 8.19. The molecule has 4 heteroatoms. The standard InChI is InChI=1S/C13H20N2O2/c1-2-17-13-7-10(3-4-12(13)14)15-8-9-5-11(16)6-9/h3-4,7,9,11,15-16H,2,5-6,8,14H2,1H3. The van der Waals surface area contributed by atoms with E-state index in [4.69, 9.17) is 10.5 Å². The van der Waals surface area contributed by atoms with Crippen molar-refractivity contribution >= 4 is 11.4 Å². The van der Waals surface area contributed by atoms with Crippen molar-refractivity contribution < 1.29 is 9.84 Å². The second kappa shape index (κ2) is 5.27. The third-order valence-electron chi connectivity index (χ3n) is 3.12. The molecule has 0 unspecified atom stereocenters. The summed E-state index contributed by atoms with van der Waals surface area (Å²) in [4.78, 5) is 0. The lowest BCUT2D eigenvalue weighted by Gasteiger charge is -2.31. The van der Waals surface area contributed by atoms with E-state index in [2.05, 4.69) is 5.32 Å². The molecule has 0 radical (unpaired) electrons. The van der Waals surface area contributed by atoms with Crippen LogP contribution >= 0.6 is 0 Å². The van der Waals surface area contributed by atoms with Gasteiger partial charge in [0.1, 0.15) is 5.75 Å². The molecule has 4 N–H and O–H groups in total. The van der Waals surface area contributed by atoms with Crippen LogP contribution in [0.5, 0.6) is 5.75 Å². The molecule has 1 aromatic carbocycles. The number of hydrogen-bond acceptors (Lipinski definition) is 4. The number of benzene rings is 1. The Labute approximate surface area is 102 Å². The number of anilines is 2. The molecular formula is C13H20N2O2. The average molecular weight is 236 g/mol. The van der Waals surface area contributed by atoms with E-state index < -0.39 is 0 Å². The Morgan fingerprint density at radius 3 is 2.88 bits per heavy atom. The van der Waals surface area contributed by atoms with Crippen LogP contribution in [0.2, 0.25) is 0 Å². The van der Waals surface area contributed by atoms with Crippen LogP contribution in [0.25, 0.3) is 0 Å². The molecule has 1 aromatic rings. The zero-order chi connectivity index (χ0) is 12.3.